The number of rotatable bonds is 3. The smallest absolute Gasteiger partial charge is 0.322 e. The normalized spacial score (nSPS) is 23.4. The number of imide groups is 1. The minimum absolute atomic E-state index is 0.0598. The molecule has 1 aliphatic heterocycles. The SMILES string of the molecule is O=C1NC(=O)C2(CCC(C(=O)Nc3ccc(-n4cnc5ccccc54)cc3)CC2)N1. The molecule has 5 rings (SSSR count). The van der Waals surface area contributed by atoms with Crippen LogP contribution in [-0.4, -0.2) is 32.9 Å². The molecule has 2 fully saturated rings. The Labute approximate surface area is 172 Å². The number of anilines is 1. The van der Waals surface area contributed by atoms with Crippen molar-refractivity contribution in [2.45, 2.75) is 31.2 Å². The molecule has 0 unspecified atom stereocenters. The number of carbonyl (C=O) groups is 3. The van der Waals surface area contributed by atoms with Gasteiger partial charge in [-0.2, -0.15) is 0 Å². The first-order chi connectivity index (χ1) is 14.5. The summed E-state index contributed by atoms with van der Waals surface area (Å²) in [4.78, 5) is 40.6. The van der Waals surface area contributed by atoms with Gasteiger partial charge in [-0.25, -0.2) is 9.78 Å². The molecule has 1 saturated carbocycles. The molecule has 2 aliphatic rings. The standard InChI is InChI=1S/C22H21N5O3/c28-19(14-9-11-22(12-10-14)20(29)25-21(30)26-22)24-15-5-7-16(8-6-15)27-13-23-17-3-1-2-4-18(17)27/h1-8,13-14H,9-12H2,(H,24,28)(H2,25,26,29,30). The van der Waals surface area contributed by atoms with E-state index in [9.17, 15) is 14.4 Å². The first-order valence-corrected chi connectivity index (χ1v) is 10.0. The van der Waals surface area contributed by atoms with Crippen LogP contribution in [0.4, 0.5) is 10.5 Å². The van der Waals surface area contributed by atoms with Crippen LogP contribution in [0.5, 0.6) is 0 Å². The van der Waals surface area contributed by atoms with E-state index < -0.39 is 11.6 Å². The van der Waals surface area contributed by atoms with E-state index in [4.69, 9.17) is 0 Å². The fourth-order valence-corrected chi connectivity index (χ4v) is 4.37. The summed E-state index contributed by atoms with van der Waals surface area (Å²) >= 11 is 0. The van der Waals surface area contributed by atoms with Gasteiger partial charge in [-0.05, 0) is 62.1 Å². The first-order valence-electron chi connectivity index (χ1n) is 10.0. The maximum Gasteiger partial charge on any atom is 0.322 e. The van der Waals surface area contributed by atoms with Gasteiger partial charge in [-0.3, -0.25) is 19.5 Å². The zero-order valence-electron chi connectivity index (χ0n) is 16.2. The maximum absolute atomic E-state index is 12.7. The Kier molecular flexibility index (Phi) is 4.27. The van der Waals surface area contributed by atoms with Crippen LogP contribution in [-0.2, 0) is 9.59 Å². The minimum Gasteiger partial charge on any atom is -0.326 e. The van der Waals surface area contributed by atoms with Crippen molar-refractivity contribution in [1.29, 1.82) is 0 Å². The summed E-state index contributed by atoms with van der Waals surface area (Å²) < 4.78 is 2.00. The molecule has 152 valence electrons. The van der Waals surface area contributed by atoms with E-state index in [1.54, 1.807) is 6.33 Å². The molecule has 1 saturated heterocycles. The summed E-state index contributed by atoms with van der Waals surface area (Å²) in [6, 6.07) is 15.1. The molecule has 3 aromatic rings. The average molecular weight is 403 g/mol. The summed E-state index contributed by atoms with van der Waals surface area (Å²) in [7, 11) is 0. The quantitative estimate of drug-likeness (QED) is 0.585. The highest BCUT2D eigenvalue weighted by Crippen LogP contribution is 2.34. The molecule has 1 aromatic heterocycles. The third-order valence-electron chi connectivity index (χ3n) is 6.09. The van der Waals surface area contributed by atoms with E-state index >= 15 is 0 Å². The Morgan fingerprint density at radius 1 is 1.07 bits per heavy atom. The highest BCUT2D eigenvalue weighted by molar-refractivity contribution is 6.07. The van der Waals surface area contributed by atoms with Crippen molar-refractivity contribution < 1.29 is 14.4 Å². The minimum atomic E-state index is -0.844. The average Bonchev–Trinajstić information content (AvgIpc) is 3.30. The van der Waals surface area contributed by atoms with Gasteiger partial charge in [-0.1, -0.05) is 12.1 Å². The zero-order valence-corrected chi connectivity index (χ0v) is 16.2. The molecule has 0 atom stereocenters. The van der Waals surface area contributed by atoms with E-state index in [-0.39, 0.29) is 17.7 Å². The number of aromatic nitrogens is 2. The molecule has 30 heavy (non-hydrogen) atoms. The second kappa shape index (κ2) is 6.98. The van der Waals surface area contributed by atoms with Gasteiger partial charge < -0.3 is 10.6 Å². The van der Waals surface area contributed by atoms with Crippen molar-refractivity contribution in [2.75, 3.05) is 5.32 Å². The number of carbonyl (C=O) groups excluding carboxylic acids is 3. The lowest BCUT2D eigenvalue weighted by Crippen LogP contribution is -2.50. The van der Waals surface area contributed by atoms with Crippen LogP contribution in [0.3, 0.4) is 0 Å². The van der Waals surface area contributed by atoms with Crippen LogP contribution in [0, 0.1) is 5.92 Å². The monoisotopic (exact) mass is 403 g/mol. The van der Waals surface area contributed by atoms with Gasteiger partial charge in [0.1, 0.15) is 11.9 Å². The third kappa shape index (κ3) is 3.10. The Hall–Kier alpha value is -3.68. The number of urea groups is 1. The van der Waals surface area contributed by atoms with Crippen LogP contribution in [0.2, 0.25) is 0 Å². The summed E-state index contributed by atoms with van der Waals surface area (Å²) in [6.07, 6.45) is 3.83. The number of fused-ring (bicyclic) bond motifs is 1. The molecule has 8 nitrogen and oxygen atoms in total. The largest absolute Gasteiger partial charge is 0.326 e. The number of hydrogen-bond acceptors (Lipinski definition) is 4. The number of imidazole rings is 1. The van der Waals surface area contributed by atoms with Crippen LogP contribution in [0.25, 0.3) is 16.7 Å². The number of hydrogen-bond donors (Lipinski definition) is 3. The molecule has 0 bridgehead atoms. The van der Waals surface area contributed by atoms with Gasteiger partial charge in [0.25, 0.3) is 5.91 Å². The molecule has 1 aliphatic carbocycles. The Morgan fingerprint density at radius 2 is 1.80 bits per heavy atom. The Morgan fingerprint density at radius 3 is 2.50 bits per heavy atom. The topological polar surface area (TPSA) is 105 Å². The van der Waals surface area contributed by atoms with E-state index in [1.165, 1.54) is 0 Å². The van der Waals surface area contributed by atoms with Gasteiger partial charge in [0.15, 0.2) is 0 Å². The highest BCUT2D eigenvalue weighted by atomic mass is 16.2. The fraction of sp³-hybridized carbons (Fsp3) is 0.273. The van der Waals surface area contributed by atoms with Gasteiger partial charge >= 0.3 is 6.03 Å². The van der Waals surface area contributed by atoms with E-state index in [0.717, 1.165) is 22.4 Å². The molecule has 1 spiro atoms. The predicted octanol–water partition coefficient (Wildman–Crippen LogP) is 2.73. The van der Waals surface area contributed by atoms with E-state index in [1.807, 2.05) is 53.1 Å². The van der Waals surface area contributed by atoms with Crippen molar-refractivity contribution in [2.24, 2.45) is 5.92 Å². The summed E-state index contributed by atoms with van der Waals surface area (Å²) in [6.45, 7) is 0. The molecule has 3 N–H and O–H groups in total. The van der Waals surface area contributed by atoms with Gasteiger partial charge in [0.05, 0.1) is 11.0 Å². The second-order valence-corrected chi connectivity index (χ2v) is 7.90. The molecule has 8 heteroatoms. The van der Waals surface area contributed by atoms with Gasteiger partial charge in [0, 0.05) is 17.3 Å². The molecule has 2 heterocycles. The zero-order chi connectivity index (χ0) is 20.7. The molecule has 4 amide bonds. The molecular formula is C22H21N5O3. The van der Waals surface area contributed by atoms with Gasteiger partial charge in [0.2, 0.25) is 5.91 Å². The Balaban J connectivity index is 1.24. The maximum atomic E-state index is 12.7. The third-order valence-corrected chi connectivity index (χ3v) is 6.09. The van der Waals surface area contributed by atoms with Crippen LogP contribution in [0.15, 0.2) is 54.9 Å². The lowest BCUT2D eigenvalue weighted by molar-refractivity contribution is -0.128. The first kappa shape index (κ1) is 18.4. The highest BCUT2D eigenvalue weighted by Gasteiger charge is 2.48. The lowest BCUT2D eigenvalue weighted by atomic mass is 9.76. The van der Waals surface area contributed by atoms with Crippen LogP contribution in [0.1, 0.15) is 25.7 Å². The molecule has 0 radical (unpaired) electrons. The summed E-state index contributed by atoms with van der Waals surface area (Å²) in [5, 5.41) is 7.98. The molecular weight excluding hydrogens is 382 g/mol. The van der Waals surface area contributed by atoms with Crippen molar-refractivity contribution in [3.05, 3.63) is 54.9 Å². The number of benzene rings is 2. The van der Waals surface area contributed by atoms with E-state index in [2.05, 4.69) is 20.9 Å². The lowest BCUT2D eigenvalue weighted by Gasteiger charge is -2.33. The van der Waals surface area contributed by atoms with Gasteiger partial charge in [-0.15, -0.1) is 0 Å². The van der Waals surface area contributed by atoms with Crippen molar-refractivity contribution in [3.8, 4) is 5.69 Å². The number of nitrogens with one attached hydrogen (secondary N) is 3. The molecule has 2 aromatic carbocycles. The second-order valence-electron chi connectivity index (χ2n) is 7.90. The number of amides is 4. The van der Waals surface area contributed by atoms with E-state index in [0.29, 0.717) is 25.7 Å². The summed E-state index contributed by atoms with van der Waals surface area (Å²) in [5.74, 6) is -0.525. The predicted molar refractivity (Wildman–Crippen MR) is 111 cm³/mol. The van der Waals surface area contributed by atoms with Crippen molar-refractivity contribution >= 4 is 34.6 Å². The fourth-order valence-electron chi connectivity index (χ4n) is 4.37. The Bertz CT molecular complexity index is 1140. The number of nitrogens with zero attached hydrogens (tertiary/aromatic N) is 2. The number of para-hydroxylation sites is 2. The summed E-state index contributed by atoms with van der Waals surface area (Å²) in [5.41, 5.74) is 2.79. The van der Waals surface area contributed by atoms with Crippen molar-refractivity contribution in [3.63, 3.8) is 0 Å². The van der Waals surface area contributed by atoms with Crippen LogP contribution >= 0.6 is 0 Å². The van der Waals surface area contributed by atoms with Crippen molar-refractivity contribution in [1.82, 2.24) is 20.2 Å². The van der Waals surface area contributed by atoms with Crippen LogP contribution < -0.4 is 16.0 Å².